The topological polar surface area (TPSA) is 3.24 Å². The van der Waals surface area contributed by atoms with Crippen LogP contribution in [-0.4, -0.2) is 25.0 Å². The van der Waals surface area contributed by atoms with Crippen molar-refractivity contribution in [1.29, 1.82) is 0 Å². The van der Waals surface area contributed by atoms with E-state index in [0.717, 1.165) is 0 Å². The molecule has 1 radical (unpaired) electrons. The molecule has 0 saturated carbocycles. The summed E-state index contributed by atoms with van der Waals surface area (Å²) in [5, 5.41) is 0. The van der Waals surface area contributed by atoms with Crippen LogP contribution in [0.5, 0.6) is 0 Å². The lowest BCUT2D eigenvalue weighted by Gasteiger charge is -2.26. The third-order valence-corrected chi connectivity index (χ3v) is 1.85. The van der Waals surface area contributed by atoms with E-state index >= 15 is 0 Å². The second kappa shape index (κ2) is 4.73. The highest BCUT2D eigenvalue weighted by atomic mass is 15.1. The van der Waals surface area contributed by atoms with Crippen molar-refractivity contribution < 1.29 is 0 Å². The summed E-state index contributed by atoms with van der Waals surface area (Å²) in [6.07, 6.45) is 2.56. The Labute approximate surface area is 65.4 Å². The fourth-order valence-electron chi connectivity index (χ4n) is 1.34. The Morgan fingerprint density at radius 1 is 1.30 bits per heavy atom. The lowest BCUT2D eigenvalue weighted by Crippen LogP contribution is -2.31. The highest BCUT2D eigenvalue weighted by Gasteiger charge is 2.13. The van der Waals surface area contributed by atoms with Crippen molar-refractivity contribution in [2.75, 3.05) is 14.1 Å². The molecule has 0 aliphatic heterocycles. The van der Waals surface area contributed by atoms with Crippen molar-refractivity contribution in [3.05, 3.63) is 5.92 Å². The monoisotopic (exact) mass is 142 g/mol. The lowest BCUT2D eigenvalue weighted by atomic mass is 9.99. The second-order valence-electron chi connectivity index (χ2n) is 3.35. The summed E-state index contributed by atoms with van der Waals surface area (Å²) in [6.45, 7) is 6.65. The van der Waals surface area contributed by atoms with Crippen molar-refractivity contribution >= 4 is 0 Å². The van der Waals surface area contributed by atoms with E-state index in [0.29, 0.717) is 6.04 Å². The number of nitrogens with zero attached hydrogens (tertiary/aromatic N) is 1. The second-order valence-corrected chi connectivity index (χ2v) is 3.35. The molecule has 0 aromatic rings. The smallest absolute Gasteiger partial charge is 0.0146 e. The first-order chi connectivity index (χ1) is 4.59. The predicted molar refractivity (Wildman–Crippen MR) is 47.0 cm³/mol. The van der Waals surface area contributed by atoms with Gasteiger partial charge in [-0.25, -0.2) is 0 Å². The van der Waals surface area contributed by atoms with Gasteiger partial charge in [0.25, 0.3) is 0 Å². The maximum absolute atomic E-state index is 2.29. The standard InChI is InChI=1S/C9H20N/c1-6-7-9(8(2)3)10(4)5/h9H,6-7H2,1-5H3. The molecule has 1 unspecified atom stereocenters. The normalized spacial score (nSPS) is 14.7. The summed E-state index contributed by atoms with van der Waals surface area (Å²) >= 11 is 0. The maximum atomic E-state index is 2.29. The molecule has 0 spiro atoms. The van der Waals surface area contributed by atoms with Gasteiger partial charge in [-0.05, 0) is 26.4 Å². The quantitative estimate of drug-likeness (QED) is 0.582. The van der Waals surface area contributed by atoms with Crippen LogP contribution in [0.3, 0.4) is 0 Å². The fourth-order valence-corrected chi connectivity index (χ4v) is 1.34. The third kappa shape index (κ3) is 3.21. The minimum atomic E-state index is 0.685. The van der Waals surface area contributed by atoms with E-state index in [9.17, 15) is 0 Å². The number of rotatable bonds is 4. The number of hydrogen-bond acceptors (Lipinski definition) is 1. The Kier molecular flexibility index (Phi) is 4.71. The minimum Gasteiger partial charge on any atom is -0.306 e. The molecular weight excluding hydrogens is 122 g/mol. The summed E-state index contributed by atoms with van der Waals surface area (Å²) < 4.78 is 0. The zero-order valence-corrected chi connectivity index (χ0v) is 7.94. The van der Waals surface area contributed by atoms with Gasteiger partial charge in [0.2, 0.25) is 0 Å². The molecule has 0 amide bonds. The van der Waals surface area contributed by atoms with Gasteiger partial charge >= 0.3 is 0 Å². The molecule has 0 bridgehead atoms. The van der Waals surface area contributed by atoms with Crippen LogP contribution >= 0.6 is 0 Å². The van der Waals surface area contributed by atoms with Crippen molar-refractivity contribution in [2.45, 2.75) is 39.7 Å². The van der Waals surface area contributed by atoms with E-state index in [2.05, 4.69) is 39.8 Å². The summed E-state index contributed by atoms with van der Waals surface area (Å²) in [5.41, 5.74) is 0. The predicted octanol–water partition coefficient (Wildman–Crippen LogP) is 2.33. The van der Waals surface area contributed by atoms with E-state index in [1.807, 2.05) is 0 Å². The Hall–Kier alpha value is -0.0400. The average molecular weight is 142 g/mol. The first-order valence-corrected chi connectivity index (χ1v) is 4.06. The van der Waals surface area contributed by atoms with Crippen LogP contribution in [0.1, 0.15) is 33.6 Å². The fraction of sp³-hybridized carbons (Fsp3) is 0.889. The van der Waals surface area contributed by atoms with Crippen LogP contribution in [0.15, 0.2) is 0 Å². The van der Waals surface area contributed by atoms with E-state index in [4.69, 9.17) is 0 Å². The van der Waals surface area contributed by atoms with Crippen molar-refractivity contribution in [3.8, 4) is 0 Å². The zero-order valence-electron chi connectivity index (χ0n) is 7.94. The lowest BCUT2D eigenvalue weighted by molar-refractivity contribution is 0.288. The molecule has 0 aromatic heterocycles. The van der Waals surface area contributed by atoms with E-state index in [-0.39, 0.29) is 0 Å². The third-order valence-electron chi connectivity index (χ3n) is 1.85. The average Bonchev–Trinajstić information content (AvgIpc) is 1.81. The van der Waals surface area contributed by atoms with Gasteiger partial charge in [0.05, 0.1) is 0 Å². The van der Waals surface area contributed by atoms with Gasteiger partial charge in [0.1, 0.15) is 0 Å². The SMILES string of the molecule is CCCC([C](C)C)N(C)C. The van der Waals surface area contributed by atoms with Crippen LogP contribution in [0.25, 0.3) is 0 Å². The molecule has 0 aliphatic rings. The summed E-state index contributed by atoms with van der Waals surface area (Å²) in [4.78, 5) is 2.29. The van der Waals surface area contributed by atoms with Gasteiger partial charge in [0.15, 0.2) is 0 Å². The molecule has 0 rings (SSSR count). The van der Waals surface area contributed by atoms with E-state index < -0.39 is 0 Å². The van der Waals surface area contributed by atoms with E-state index in [1.165, 1.54) is 18.8 Å². The van der Waals surface area contributed by atoms with Crippen LogP contribution < -0.4 is 0 Å². The molecule has 10 heavy (non-hydrogen) atoms. The van der Waals surface area contributed by atoms with Gasteiger partial charge in [0, 0.05) is 6.04 Å². The molecule has 0 saturated heterocycles. The molecule has 0 aromatic carbocycles. The van der Waals surface area contributed by atoms with Crippen LogP contribution in [0.2, 0.25) is 0 Å². The molecule has 0 N–H and O–H groups in total. The van der Waals surface area contributed by atoms with Crippen molar-refractivity contribution in [3.63, 3.8) is 0 Å². The highest BCUT2D eigenvalue weighted by Crippen LogP contribution is 2.14. The molecule has 0 fully saturated rings. The maximum Gasteiger partial charge on any atom is 0.0146 e. The highest BCUT2D eigenvalue weighted by molar-refractivity contribution is 4.92. The Balaban J connectivity index is 3.73. The molecule has 0 heterocycles. The van der Waals surface area contributed by atoms with Gasteiger partial charge in [-0.1, -0.05) is 27.2 Å². The first kappa shape index (κ1) is 9.96. The molecule has 1 heteroatoms. The van der Waals surface area contributed by atoms with Crippen molar-refractivity contribution in [2.24, 2.45) is 0 Å². The Morgan fingerprint density at radius 2 is 1.80 bits per heavy atom. The van der Waals surface area contributed by atoms with Crippen molar-refractivity contribution in [1.82, 2.24) is 4.90 Å². The molecule has 1 atom stereocenters. The van der Waals surface area contributed by atoms with E-state index in [1.54, 1.807) is 0 Å². The number of hydrogen-bond donors (Lipinski definition) is 0. The largest absolute Gasteiger partial charge is 0.306 e. The summed E-state index contributed by atoms with van der Waals surface area (Å²) in [7, 11) is 4.29. The van der Waals surface area contributed by atoms with Crippen LogP contribution in [0.4, 0.5) is 0 Å². The zero-order chi connectivity index (χ0) is 8.15. The van der Waals surface area contributed by atoms with Crippen LogP contribution in [0, 0.1) is 5.92 Å². The molecular formula is C9H20N. The van der Waals surface area contributed by atoms with Crippen LogP contribution in [-0.2, 0) is 0 Å². The Morgan fingerprint density at radius 3 is 1.90 bits per heavy atom. The molecule has 61 valence electrons. The first-order valence-electron chi connectivity index (χ1n) is 4.06. The molecule has 0 aliphatic carbocycles. The van der Waals surface area contributed by atoms with Gasteiger partial charge in [-0.15, -0.1) is 0 Å². The molecule has 1 nitrogen and oxygen atoms in total. The minimum absolute atomic E-state index is 0.685. The summed E-state index contributed by atoms with van der Waals surface area (Å²) in [6, 6.07) is 0.685. The van der Waals surface area contributed by atoms with Gasteiger partial charge in [-0.2, -0.15) is 0 Å². The summed E-state index contributed by atoms with van der Waals surface area (Å²) in [5.74, 6) is 1.52. The Bertz CT molecular complexity index is 68.8. The van der Waals surface area contributed by atoms with Gasteiger partial charge in [-0.3, -0.25) is 0 Å². The van der Waals surface area contributed by atoms with Gasteiger partial charge < -0.3 is 4.90 Å².